The van der Waals surface area contributed by atoms with Gasteiger partial charge in [0, 0.05) is 17.7 Å². The van der Waals surface area contributed by atoms with E-state index in [1.54, 1.807) is 14.2 Å². The summed E-state index contributed by atoms with van der Waals surface area (Å²) < 4.78 is 10.4. The third-order valence-corrected chi connectivity index (χ3v) is 2.44. The smallest absolute Gasteiger partial charge is 0.127 e. The molecule has 16 heavy (non-hydrogen) atoms. The molecule has 1 aromatic rings. The lowest BCUT2D eigenvalue weighted by molar-refractivity contribution is 0.387. The SMILES string of the molecule is CCC[C@H](N)c1ccc(OC)cc1OC.Cl. The Morgan fingerprint density at radius 3 is 2.44 bits per heavy atom. The number of nitrogens with two attached hydrogens (primary N) is 1. The predicted octanol–water partition coefficient (Wildman–Crippen LogP) is 2.93. The van der Waals surface area contributed by atoms with Crippen LogP contribution in [0.3, 0.4) is 0 Å². The molecule has 3 nitrogen and oxygen atoms in total. The number of benzene rings is 1. The van der Waals surface area contributed by atoms with Gasteiger partial charge in [0.2, 0.25) is 0 Å². The Kier molecular flexibility index (Phi) is 6.93. The minimum atomic E-state index is 0. The Labute approximate surface area is 103 Å². The third kappa shape index (κ3) is 3.58. The van der Waals surface area contributed by atoms with E-state index >= 15 is 0 Å². The fourth-order valence-electron chi connectivity index (χ4n) is 1.59. The van der Waals surface area contributed by atoms with E-state index in [9.17, 15) is 0 Å². The van der Waals surface area contributed by atoms with E-state index < -0.39 is 0 Å². The molecule has 0 amide bonds. The van der Waals surface area contributed by atoms with Crippen molar-refractivity contribution in [3.8, 4) is 11.5 Å². The average molecular weight is 246 g/mol. The van der Waals surface area contributed by atoms with Gasteiger partial charge in [-0.15, -0.1) is 12.4 Å². The third-order valence-electron chi connectivity index (χ3n) is 2.44. The largest absolute Gasteiger partial charge is 0.497 e. The van der Waals surface area contributed by atoms with E-state index in [-0.39, 0.29) is 18.4 Å². The maximum atomic E-state index is 6.05. The van der Waals surface area contributed by atoms with Crippen LogP contribution in [0.2, 0.25) is 0 Å². The Hall–Kier alpha value is -0.930. The molecule has 0 spiro atoms. The molecule has 0 aliphatic heterocycles. The van der Waals surface area contributed by atoms with Crippen LogP contribution in [0.4, 0.5) is 0 Å². The first-order chi connectivity index (χ1) is 7.22. The van der Waals surface area contributed by atoms with Crippen molar-refractivity contribution in [3.05, 3.63) is 23.8 Å². The Morgan fingerprint density at radius 2 is 1.94 bits per heavy atom. The molecule has 0 bridgehead atoms. The van der Waals surface area contributed by atoms with Crippen molar-refractivity contribution in [2.24, 2.45) is 5.73 Å². The molecule has 1 aromatic carbocycles. The first-order valence-corrected chi connectivity index (χ1v) is 5.20. The van der Waals surface area contributed by atoms with Gasteiger partial charge in [-0.25, -0.2) is 0 Å². The average Bonchev–Trinajstić information content (AvgIpc) is 2.28. The van der Waals surface area contributed by atoms with Crippen molar-refractivity contribution in [2.75, 3.05) is 14.2 Å². The summed E-state index contributed by atoms with van der Waals surface area (Å²) in [5.74, 6) is 1.59. The number of halogens is 1. The molecule has 1 atom stereocenters. The molecule has 0 saturated carbocycles. The second-order valence-electron chi connectivity index (χ2n) is 3.50. The zero-order valence-corrected chi connectivity index (χ0v) is 10.8. The first-order valence-electron chi connectivity index (χ1n) is 5.20. The van der Waals surface area contributed by atoms with Crippen LogP contribution in [0.5, 0.6) is 11.5 Å². The van der Waals surface area contributed by atoms with Gasteiger partial charge in [0.05, 0.1) is 14.2 Å². The summed E-state index contributed by atoms with van der Waals surface area (Å²) in [6.07, 6.45) is 2.03. The van der Waals surface area contributed by atoms with Crippen molar-refractivity contribution >= 4 is 12.4 Å². The van der Waals surface area contributed by atoms with E-state index in [2.05, 4.69) is 6.92 Å². The zero-order chi connectivity index (χ0) is 11.3. The van der Waals surface area contributed by atoms with Crippen molar-refractivity contribution < 1.29 is 9.47 Å². The molecule has 0 unspecified atom stereocenters. The summed E-state index contributed by atoms with van der Waals surface area (Å²) in [5.41, 5.74) is 7.09. The van der Waals surface area contributed by atoms with Crippen LogP contribution in [0.15, 0.2) is 18.2 Å². The quantitative estimate of drug-likeness (QED) is 0.868. The maximum absolute atomic E-state index is 6.05. The fraction of sp³-hybridized carbons (Fsp3) is 0.500. The topological polar surface area (TPSA) is 44.5 Å². The van der Waals surface area contributed by atoms with Gasteiger partial charge >= 0.3 is 0 Å². The Morgan fingerprint density at radius 1 is 1.25 bits per heavy atom. The van der Waals surface area contributed by atoms with Gasteiger partial charge in [0.1, 0.15) is 11.5 Å². The van der Waals surface area contributed by atoms with Crippen LogP contribution < -0.4 is 15.2 Å². The van der Waals surface area contributed by atoms with Crippen molar-refractivity contribution in [3.63, 3.8) is 0 Å². The number of methoxy groups -OCH3 is 2. The summed E-state index contributed by atoms with van der Waals surface area (Å²) >= 11 is 0. The molecule has 0 aliphatic carbocycles. The fourth-order valence-corrected chi connectivity index (χ4v) is 1.59. The molecule has 0 aromatic heterocycles. The second-order valence-corrected chi connectivity index (χ2v) is 3.50. The monoisotopic (exact) mass is 245 g/mol. The molecule has 0 saturated heterocycles. The van der Waals surface area contributed by atoms with Gasteiger partial charge in [-0.2, -0.15) is 0 Å². The molecule has 2 N–H and O–H groups in total. The van der Waals surface area contributed by atoms with Crippen LogP contribution in [-0.4, -0.2) is 14.2 Å². The van der Waals surface area contributed by atoms with E-state index in [0.717, 1.165) is 29.9 Å². The van der Waals surface area contributed by atoms with Gasteiger partial charge in [-0.3, -0.25) is 0 Å². The van der Waals surface area contributed by atoms with E-state index in [1.807, 2.05) is 18.2 Å². The number of ether oxygens (including phenoxy) is 2. The van der Waals surface area contributed by atoms with E-state index in [4.69, 9.17) is 15.2 Å². The maximum Gasteiger partial charge on any atom is 0.127 e. The number of rotatable bonds is 5. The lowest BCUT2D eigenvalue weighted by Crippen LogP contribution is -2.11. The van der Waals surface area contributed by atoms with Crippen molar-refractivity contribution in [2.45, 2.75) is 25.8 Å². The highest BCUT2D eigenvalue weighted by Crippen LogP contribution is 2.30. The molecule has 4 heteroatoms. The Bertz CT molecular complexity index is 318. The zero-order valence-electron chi connectivity index (χ0n) is 10.0. The molecule has 0 heterocycles. The molecule has 1 rings (SSSR count). The van der Waals surface area contributed by atoms with E-state index in [0.29, 0.717) is 0 Å². The van der Waals surface area contributed by atoms with Crippen LogP contribution >= 0.6 is 12.4 Å². The molecular weight excluding hydrogens is 226 g/mol. The molecular formula is C12H20ClNO2. The summed E-state index contributed by atoms with van der Waals surface area (Å²) in [6, 6.07) is 5.78. The van der Waals surface area contributed by atoms with Gasteiger partial charge in [-0.05, 0) is 12.5 Å². The summed E-state index contributed by atoms with van der Waals surface area (Å²) in [7, 11) is 3.29. The lowest BCUT2D eigenvalue weighted by atomic mass is 10.0. The first kappa shape index (κ1) is 15.1. The van der Waals surface area contributed by atoms with Crippen molar-refractivity contribution in [1.82, 2.24) is 0 Å². The second kappa shape index (κ2) is 7.36. The normalized spacial score (nSPS) is 11.5. The minimum absolute atomic E-state index is 0. The Balaban J connectivity index is 0.00000225. The van der Waals surface area contributed by atoms with Crippen LogP contribution in [0, 0.1) is 0 Å². The number of hydrogen-bond acceptors (Lipinski definition) is 3. The molecule has 0 aliphatic rings. The molecule has 0 radical (unpaired) electrons. The number of hydrogen-bond donors (Lipinski definition) is 1. The minimum Gasteiger partial charge on any atom is -0.497 e. The highest BCUT2D eigenvalue weighted by molar-refractivity contribution is 5.85. The van der Waals surface area contributed by atoms with Crippen LogP contribution in [-0.2, 0) is 0 Å². The van der Waals surface area contributed by atoms with Crippen LogP contribution in [0.1, 0.15) is 31.4 Å². The van der Waals surface area contributed by atoms with Gasteiger partial charge in [0.15, 0.2) is 0 Å². The lowest BCUT2D eigenvalue weighted by Gasteiger charge is -2.15. The molecule has 92 valence electrons. The predicted molar refractivity (Wildman–Crippen MR) is 68.6 cm³/mol. The summed E-state index contributed by atoms with van der Waals surface area (Å²) in [4.78, 5) is 0. The van der Waals surface area contributed by atoms with Gasteiger partial charge < -0.3 is 15.2 Å². The summed E-state index contributed by atoms with van der Waals surface area (Å²) in [6.45, 7) is 2.12. The highest BCUT2D eigenvalue weighted by atomic mass is 35.5. The van der Waals surface area contributed by atoms with Crippen LogP contribution in [0.25, 0.3) is 0 Å². The van der Waals surface area contributed by atoms with E-state index in [1.165, 1.54) is 0 Å². The summed E-state index contributed by atoms with van der Waals surface area (Å²) in [5, 5.41) is 0. The molecule has 0 fully saturated rings. The van der Waals surface area contributed by atoms with Gasteiger partial charge in [0.25, 0.3) is 0 Å². The standard InChI is InChI=1S/C12H19NO2.ClH/c1-4-5-11(13)10-7-6-9(14-2)8-12(10)15-3;/h6-8,11H,4-5,13H2,1-3H3;1H/t11-;/m0./s1. The van der Waals surface area contributed by atoms with Gasteiger partial charge in [-0.1, -0.05) is 19.4 Å². The highest BCUT2D eigenvalue weighted by Gasteiger charge is 2.11. The van der Waals surface area contributed by atoms with Crippen molar-refractivity contribution in [1.29, 1.82) is 0 Å².